The normalized spacial score (nSPS) is 18.7. The van der Waals surface area contributed by atoms with E-state index in [1.54, 1.807) is 39.0 Å². The number of imide groups is 1. The quantitative estimate of drug-likeness (QED) is 0.507. The van der Waals surface area contributed by atoms with E-state index in [9.17, 15) is 24.0 Å². The van der Waals surface area contributed by atoms with Crippen LogP contribution in [0.3, 0.4) is 0 Å². The van der Waals surface area contributed by atoms with Crippen molar-refractivity contribution < 1.29 is 28.7 Å². The molecule has 35 heavy (non-hydrogen) atoms. The summed E-state index contributed by atoms with van der Waals surface area (Å²) in [6.45, 7) is 9.66. The Bertz CT molecular complexity index is 1030. The molecular weight excluding hydrogens is 452 g/mol. The van der Waals surface area contributed by atoms with Gasteiger partial charge in [-0.3, -0.25) is 24.5 Å². The number of carbonyl (C=O) groups is 5. The highest BCUT2D eigenvalue weighted by molar-refractivity contribution is 6.05. The van der Waals surface area contributed by atoms with Crippen molar-refractivity contribution >= 4 is 35.4 Å². The molecule has 10 heteroatoms. The maximum absolute atomic E-state index is 13.0. The molecule has 3 N–H and O–H groups in total. The lowest BCUT2D eigenvalue weighted by molar-refractivity contribution is -0.137. The van der Waals surface area contributed by atoms with E-state index in [-0.39, 0.29) is 49.6 Å². The van der Waals surface area contributed by atoms with Gasteiger partial charge in [-0.15, -0.1) is 0 Å². The van der Waals surface area contributed by atoms with Gasteiger partial charge in [0.1, 0.15) is 11.6 Å². The number of nitrogens with zero attached hydrogens (tertiary/aromatic N) is 1. The predicted molar refractivity (Wildman–Crippen MR) is 128 cm³/mol. The van der Waals surface area contributed by atoms with Crippen molar-refractivity contribution in [3.63, 3.8) is 0 Å². The smallest absolute Gasteiger partial charge is 0.407 e. The van der Waals surface area contributed by atoms with E-state index < -0.39 is 29.6 Å². The fourth-order valence-corrected chi connectivity index (χ4v) is 4.27. The molecule has 3 rings (SSSR count). The number of anilines is 1. The molecule has 2 unspecified atom stereocenters. The van der Waals surface area contributed by atoms with E-state index in [1.807, 2.05) is 13.8 Å². The highest BCUT2D eigenvalue weighted by Gasteiger charge is 2.39. The molecule has 0 spiro atoms. The third-order valence-corrected chi connectivity index (χ3v) is 5.81. The summed E-state index contributed by atoms with van der Waals surface area (Å²) in [4.78, 5) is 63.1. The molecule has 1 saturated heterocycles. The van der Waals surface area contributed by atoms with Gasteiger partial charge in [-0.25, -0.2) is 4.79 Å². The Kier molecular flexibility index (Phi) is 7.82. The minimum absolute atomic E-state index is 0.131. The van der Waals surface area contributed by atoms with Crippen LogP contribution in [-0.2, 0) is 25.7 Å². The highest BCUT2D eigenvalue weighted by Crippen LogP contribution is 2.29. The number of rotatable bonds is 7. The third-order valence-electron chi connectivity index (χ3n) is 5.81. The molecule has 1 aromatic carbocycles. The van der Waals surface area contributed by atoms with Crippen LogP contribution in [0.15, 0.2) is 18.2 Å². The van der Waals surface area contributed by atoms with Gasteiger partial charge in [0.05, 0.1) is 5.92 Å². The molecule has 0 aromatic heterocycles. The van der Waals surface area contributed by atoms with Gasteiger partial charge in [0.15, 0.2) is 0 Å². The summed E-state index contributed by atoms with van der Waals surface area (Å²) in [6, 6.07) is 4.32. The lowest BCUT2D eigenvalue weighted by Crippen LogP contribution is -2.52. The maximum Gasteiger partial charge on any atom is 0.407 e. The van der Waals surface area contributed by atoms with E-state index in [0.717, 1.165) is 0 Å². The second-order valence-electron chi connectivity index (χ2n) is 10.5. The summed E-state index contributed by atoms with van der Waals surface area (Å²) in [7, 11) is 0. The largest absolute Gasteiger partial charge is 0.444 e. The van der Waals surface area contributed by atoms with Crippen LogP contribution in [0.2, 0.25) is 0 Å². The summed E-state index contributed by atoms with van der Waals surface area (Å²) >= 11 is 0. The number of hydrogen-bond donors (Lipinski definition) is 3. The predicted octanol–water partition coefficient (Wildman–Crippen LogP) is 2.57. The molecule has 0 bridgehead atoms. The SMILES string of the molecule is CC(C)CC(CNC(=O)OC(C)(C)C)C(=O)Nc1ccc2c(c1)CN(C1CCC(=O)NC1=O)C2=O. The molecule has 0 saturated carbocycles. The lowest BCUT2D eigenvalue weighted by Gasteiger charge is -2.29. The standard InChI is InChI=1S/C25H34N4O6/c1-14(2)10-15(12-26-24(34)35-25(3,4)5)21(31)27-17-6-7-18-16(11-17)13-29(23(18)33)19-8-9-20(30)28-22(19)32/h6-7,11,14-15,19H,8-10,12-13H2,1-5H3,(H,26,34)(H,27,31)(H,28,30,32). The van der Waals surface area contributed by atoms with Gasteiger partial charge in [0.25, 0.3) is 5.91 Å². The topological polar surface area (TPSA) is 134 Å². The number of hydrogen-bond acceptors (Lipinski definition) is 6. The fourth-order valence-electron chi connectivity index (χ4n) is 4.27. The van der Waals surface area contributed by atoms with E-state index in [2.05, 4.69) is 16.0 Å². The summed E-state index contributed by atoms with van der Waals surface area (Å²) in [5.41, 5.74) is 1.06. The first-order chi connectivity index (χ1) is 16.3. The molecule has 0 aliphatic carbocycles. The molecule has 5 amide bonds. The Hall–Kier alpha value is -3.43. The van der Waals surface area contributed by atoms with E-state index in [1.165, 1.54) is 4.90 Å². The Balaban J connectivity index is 1.66. The molecule has 2 heterocycles. The van der Waals surface area contributed by atoms with Crippen molar-refractivity contribution in [3.8, 4) is 0 Å². The third kappa shape index (κ3) is 6.80. The van der Waals surface area contributed by atoms with Crippen LogP contribution < -0.4 is 16.0 Å². The minimum atomic E-state index is -0.694. The Morgan fingerprint density at radius 2 is 1.91 bits per heavy atom. The van der Waals surface area contributed by atoms with Crippen molar-refractivity contribution in [1.29, 1.82) is 0 Å². The summed E-state index contributed by atoms with van der Waals surface area (Å²) < 4.78 is 5.26. The zero-order valence-electron chi connectivity index (χ0n) is 20.9. The first-order valence-corrected chi connectivity index (χ1v) is 11.9. The van der Waals surface area contributed by atoms with Crippen LogP contribution >= 0.6 is 0 Å². The molecule has 1 aromatic rings. The van der Waals surface area contributed by atoms with Gasteiger partial charge in [0, 0.05) is 30.8 Å². The number of alkyl carbamates (subject to hydrolysis) is 1. The molecular formula is C25H34N4O6. The van der Waals surface area contributed by atoms with Crippen LogP contribution in [0.25, 0.3) is 0 Å². The highest BCUT2D eigenvalue weighted by atomic mass is 16.6. The maximum atomic E-state index is 13.0. The fraction of sp³-hybridized carbons (Fsp3) is 0.560. The Labute approximate surface area is 205 Å². The summed E-state index contributed by atoms with van der Waals surface area (Å²) in [6.07, 6.45) is 0.458. The number of nitrogens with one attached hydrogen (secondary N) is 3. The number of ether oxygens (including phenoxy) is 1. The molecule has 0 radical (unpaired) electrons. The number of fused-ring (bicyclic) bond motifs is 1. The second kappa shape index (κ2) is 10.5. The number of benzene rings is 1. The van der Waals surface area contributed by atoms with Crippen molar-refractivity contribution in [2.45, 2.75) is 72.1 Å². The molecule has 2 atom stereocenters. The monoisotopic (exact) mass is 486 g/mol. The van der Waals surface area contributed by atoms with Crippen molar-refractivity contribution in [2.75, 3.05) is 11.9 Å². The van der Waals surface area contributed by atoms with Gasteiger partial charge >= 0.3 is 6.09 Å². The lowest BCUT2D eigenvalue weighted by atomic mass is 9.96. The molecule has 190 valence electrons. The summed E-state index contributed by atoms with van der Waals surface area (Å²) in [5.74, 6) is -1.57. The van der Waals surface area contributed by atoms with E-state index >= 15 is 0 Å². The Morgan fingerprint density at radius 3 is 2.54 bits per heavy atom. The van der Waals surface area contributed by atoms with Gasteiger partial charge in [0.2, 0.25) is 17.7 Å². The van der Waals surface area contributed by atoms with E-state index in [4.69, 9.17) is 4.74 Å². The summed E-state index contributed by atoms with van der Waals surface area (Å²) in [5, 5.41) is 7.84. The molecule has 1 fully saturated rings. The van der Waals surface area contributed by atoms with Crippen molar-refractivity contribution in [1.82, 2.24) is 15.5 Å². The van der Waals surface area contributed by atoms with Gasteiger partial charge in [-0.05, 0) is 63.3 Å². The number of carbonyl (C=O) groups excluding carboxylic acids is 5. The van der Waals surface area contributed by atoms with Crippen LogP contribution in [-0.4, -0.2) is 52.8 Å². The molecule has 2 aliphatic heterocycles. The van der Waals surface area contributed by atoms with Crippen LogP contribution in [0, 0.1) is 11.8 Å². The van der Waals surface area contributed by atoms with Gasteiger partial charge < -0.3 is 20.3 Å². The van der Waals surface area contributed by atoms with Gasteiger partial charge in [-0.2, -0.15) is 0 Å². The zero-order valence-corrected chi connectivity index (χ0v) is 20.9. The van der Waals surface area contributed by atoms with E-state index in [0.29, 0.717) is 23.2 Å². The van der Waals surface area contributed by atoms with Crippen molar-refractivity contribution in [2.24, 2.45) is 11.8 Å². The number of piperidine rings is 1. The molecule has 10 nitrogen and oxygen atoms in total. The minimum Gasteiger partial charge on any atom is -0.444 e. The van der Waals surface area contributed by atoms with Crippen LogP contribution in [0.4, 0.5) is 10.5 Å². The average Bonchev–Trinajstić information content (AvgIpc) is 3.05. The average molecular weight is 487 g/mol. The first-order valence-electron chi connectivity index (χ1n) is 11.9. The number of amides is 5. The first kappa shape index (κ1) is 26.2. The van der Waals surface area contributed by atoms with Crippen LogP contribution in [0.1, 0.15) is 69.8 Å². The van der Waals surface area contributed by atoms with Gasteiger partial charge in [-0.1, -0.05) is 13.8 Å². The van der Waals surface area contributed by atoms with Crippen LogP contribution in [0.5, 0.6) is 0 Å². The molecule has 2 aliphatic rings. The Morgan fingerprint density at radius 1 is 1.20 bits per heavy atom. The second-order valence-corrected chi connectivity index (χ2v) is 10.5. The van der Waals surface area contributed by atoms with Crippen molar-refractivity contribution in [3.05, 3.63) is 29.3 Å². The zero-order chi connectivity index (χ0) is 25.9.